The fourth-order valence-corrected chi connectivity index (χ4v) is 2.25. The summed E-state index contributed by atoms with van der Waals surface area (Å²) in [5.74, 6) is 0. The topological polar surface area (TPSA) is 0 Å². The highest BCUT2D eigenvalue weighted by Crippen LogP contribution is 2.22. The van der Waals surface area contributed by atoms with Crippen molar-refractivity contribution in [2.75, 3.05) is 0 Å². The summed E-state index contributed by atoms with van der Waals surface area (Å²) >= 11 is 3.34. The molecule has 0 spiro atoms. The number of halogens is 1. The average Bonchev–Trinajstić information content (AvgIpc) is 2.55. The Balaban J connectivity index is 0.000000240. The van der Waals surface area contributed by atoms with Crippen molar-refractivity contribution in [1.82, 2.24) is 0 Å². The Morgan fingerprint density at radius 2 is 0.917 bits per heavy atom. The Morgan fingerprint density at radius 3 is 1.21 bits per heavy atom. The molecule has 124 valence electrons. The minimum atomic E-state index is 0.908. The van der Waals surface area contributed by atoms with Gasteiger partial charge in [0, 0.05) is 4.48 Å². The van der Waals surface area contributed by atoms with Crippen LogP contribution >= 0.6 is 15.9 Å². The third-order valence-corrected chi connectivity index (χ3v) is 3.97. The van der Waals surface area contributed by atoms with Crippen molar-refractivity contribution in [3.05, 3.63) is 97.1 Å². The van der Waals surface area contributed by atoms with Gasteiger partial charge in [-0.3, -0.25) is 0 Å². The maximum Gasteiger partial charge on any atom is 0.0176 e. The third-order valence-electron chi connectivity index (χ3n) is 3.52. The third kappa shape index (κ3) is 6.17. The van der Waals surface area contributed by atoms with Gasteiger partial charge in [0.15, 0.2) is 0 Å². The van der Waals surface area contributed by atoms with E-state index in [1.807, 2.05) is 45.0 Å². The highest BCUT2D eigenvalue weighted by molar-refractivity contribution is 9.15. The van der Waals surface area contributed by atoms with Crippen LogP contribution in [0.5, 0.6) is 0 Å². The van der Waals surface area contributed by atoms with E-state index in [9.17, 15) is 0 Å². The van der Waals surface area contributed by atoms with Gasteiger partial charge in [-0.2, -0.15) is 0 Å². The van der Waals surface area contributed by atoms with Crippen molar-refractivity contribution in [3.8, 4) is 0 Å². The molecule has 0 nitrogen and oxygen atoms in total. The van der Waals surface area contributed by atoms with E-state index in [1.165, 1.54) is 11.1 Å². The number of benzene rings is 2. The fraction of sp³-hybridized carbons (Fsp3) is 0.130. The van der Waals surface area contributed by atoms with E-state index < -0.39 is 0 Å². The summed E-state index contributed by atoms with van der Waals surface area (Å²) in [6.45, 7) is 21.5. The van der Waals surface area contributed by atoms with Gasteiger partial charge < -0.3 is 0 Å². The van der Waals surface area contributed by atoms with Crippen LogP contribution in [0.4, 0.5) is 0 Å². The zero-order chi connectivity index (χ0) is 18.3. The summed E-state index contributed by atoms with van der Waals surface area (Å²) in [7, 11) is 0. The molecular weight excluding hydrogens is 356 g/mol. The molecule has 0 radical (unpaired) electrons. The van der Waals surface area contributed by atoms with E-state index in [0.717, 1.165) is 32.3 Å². The van der Waals surface area contributed by atoms with Gasteiger partial charge in [-0.25, -0.2) is 0 Å². The van der Waals surface area contributed by atoms with Crippen LogP contribution in [-0.4, -0.2) is 0 Å². The molecule has 0 fully saturated rings. The predicted octanol–water partition coefficient (Wildman–Crippen LogP) is 7.84. The van der Waals surface area contributed by atoms with Crippen molar-refractivity contribution in [2.45, 2.75) is 20.8 Å². The standard InChI is InChI=1S/C12H14.C11H11Br/c1-9(2)11-6-5-7-12(8-11)10(3)4;1-8(2)10-5-4-6-11(7-10)9(3)12/h5-8H,1,3H2,2,4H3;4-7H,1,3H2,2H3. The lowest BCUT2D eigenvalue weighted by Gasteiger charge is -2.03. The average molecular weight is 381 g/mol. The van der Waals surface area contributed by atoms with Gasteiger partial charge >= 0.3 is 0 Å². The van der Waals surface area contributed by atoms with Crippen LogP contribution in [0.3, 0.4) is 0 Å². The molecule has 0 aliphatic rings. The normalized spacial score (nSPS) is 9.50. The van der Waals surface area contributed by atoms with Crippen LogP contribution in [0.25, 0.3) is 21.2 Å². The van der Waals surface area contributed by atoms with Crippen LogP contribution in [0.2, 0.25) is 0 Å². The first-order valence-corrected chi connectivity index (χ1v) is 8.54. The quantitative estimate of drug-likeness (QED) is 0.506. The largest absolute Gasteiger partial charge is 0.0955 e. The van der Waals surface area contributed by atoms with E-state index in [0.29, 0.717) is 0 Å². The first-order valence-electron chi connectivity index (χ1n) is 7.75. The van der Waals surface area contributed by atoms with Gasteiger partial charge in [0.1, 0.15) is 0 Å². The number of hydrogen-bond acceptors (Lipinski definition) is 0. The van der Waals surface area contributed by atoms with Gasteiger partial charge in [0.05, 0.1) is 0 Å². The van der Waals surface area contributed by atoms with Crippen molar-refractivity contribution < 1.29 is 0 Å². The molecular formula is C23H25Br. The van der Waals surface area contributed by atoms with Crippen LogP contribution < -0.4 is 0 Å². The molecule has 2 aromatic carbocycles. The maximum absolute atomic E-state index is 3.90. The first-order chi connectivity index (χ1) is 11.2. The minimum absolute atomic E-state index is 0.908. The second kappa shape index (κ2) is 9.24. The van der Waals surface area contributed by atoms with Gasteiger partial charge in [-0.05, 0) is 55.2 Å². The highest BCUT2D eigenvalue weighted by Gasteiger charge is 1.97. The molecule has 2 aromatic rings. The molecule has 0 saturated heterocycles. The number of hydrogen-bond donors (Lipinski definition) is 0. The Bertz CT molecular complexity index is 652. The van der Waals surface area contributed by atoms with Gasteiger partial charge in [-0.15, -0.1) is 0 Å². The summed E-state index contributed by atoms with van der Waals surface area (Å²) in [4.78, 5) is 0. The Hall–Kier alpha value is -2.12. The lowest BCUT2D eigenvalue weighted by molar-refractivity contribution is 1.52. The van der Waals surface area contributed by atoms with Crippen molar-refractivity contribution >= 4 is 37.1 Å². The molecule has 0 saturated carbocycles. The van der Waals surface area contributed by atoms with Crippen LogP contribution in [0.15, 0.2) is 74.8 Å². The van der Waals surface area contributed by atoms with Crippen molar-refractivity contribution in [1.29, 1.82) is 0 Å². The molecule has 0 aliphatic heterocycles. The molecule has 0 aromatic heterocycles. The Labute approximate surface area is 155 Å². The van der Waals surface area contributed by atoms with E-state index in [-0.39, 0.29) is 0 Å². The summed E-state index contributed by atoms with van der Waals surface area (Å²) in [6.07, 6.45) is 0. The minimum Gasteiger partial charge on any atom is -0.0955 e. The molecule has 1 heteroatoms. The van der Waals surface area contributed by atoms with Crippen LogP contribution in [0, 0.1) is 0 Å². The van der Waals surface area contributed by atoms with Gasteiger partial charge in [0.2, 0.25) is 0 Å². The smallest absolute Gasteiger partial charge is 0.0176 e. The summed E-state index contributed by atoms with van der Waals surface area (Å²) < 4.78 is 0.908. The lowest BCUT2D eigenvalue weighted by Crippen LogP contribution is -1.81. The Morgan fingerprint density at radius 1 is 0.625 bits per heavy atom. The zero-order valence-electron chi connectivity index (χ0n) is 14.8. The van der Waals surface area contributed by atoms with Crippen LogP contribution in [-0.2, 0) is 0 Å². The van der Waals surface area contributed by atoms with Gasteiger partial charge in [-0.1, -0.05) is 95.4 Å². The number of rotatable bonds is 4. The molecule has 0 bridgehead atoms. The molecule has 0 heterocycles. The first kappa shape index (κ1) is 19.9. The van der Waals surface area contributed by atoms with Crippen molar-refractivity contribution in [2.24, 2.45) is 0 Å². The molecule has 0 aliphatic carbocycles. The molecule has 2 rings (SSSR count). The molecule has 0 N–H and O–H groups in total. The second-order valence-corrected chi connectivity index (χ2v) is 6.86. The summed E-state index contributed by atoms with van der Waals surface area (Å²) in [6, 6.07) is 16.4. The molecule has 0 amide bonds. The SMILES string of the molecule is C=C(C)c1cccc(C(=C)Br)c1.C=C(C)c1cccc(C(=C)C)c1. The van der Waals surface area contributed by atoms with Gasteiger partial charge in [0.25, 0.3) is 0 Å². The lowest BCUT2D eigenvalue weighted by atomic mass is 10.0. The maximum atomic E-state index is 3.90. The highest BCUT2D eigenvalue weighted by atomic mass is 79.9. The van der Waals surface area contributed by atoms with E-state index in [4.69, 9.17) is 0 Å². The predicted molar refractivity (Wildman–Crippen MR) is 115 cm³/mol. The second-order valence-electron chi connectivity index (χ2n) is 5.91. The molecule has 0 unspecified atom stereocenters. The summed E-state index contributed by atoms with van der Waals surface area (Å²) in [5.41, 5.74) is 7.91. The molecule has 24 heavy (non-hydrogen) atoms. The van der Waals surface area contributed by atoms with Crippen molar-refractivity contribution in [3.63, 3.8) is 0 Å². The van der Waals surface area contributed by atoms with E-state index in [2.05, 4.69) is 66.5 Å². The monoisotopic (exact) mass is 380 g/mol. The zero-order valence-corrected chi connectivity index (χ0v) is 16.4. The van der Waals surface area contributed by atoms with Crippen LogP contribution in [0.1, 0.15) is 43.0 Å². The Kier molecular flexibility index (Phi) is 7.67. The fourth-order valence-electron chi connectivity index (χ4n) is 2.00. The van der Waals surface area contributed by atoms with E-state index in [1.54, 1.807) is 0 Å². The number of allylic oxidation sites excluding steroid dienone is 3. The van der Waals surface area contributed by atoms with E-state index >= 15 is 0 Å². The molecule has 0 atom stereocenters. The summed E-state index contributed by atoms with van der Waals surface area (Å²) in [5, 5.41) is 0.